The number of amides is 3. The van der Waals surface area contributed by atoms with Gasteiger partial charge in [0, 0.05) is 29.5 Å². The predicted molar refractivity (Wildman–Crippen MR) is 94.0 cm³/mol. The highest BCUT2D eigenvalue weighted by Gasteiger charge is 2.31. The highest BCUT2D eigenvalue weighted by Crippen LogP contribution is 2.17. The molecule has 1 heterocycles. The largest absolute Gasteiger partial charge is 0.347 e. The van der Waals surface area contributed by atoms with Gasteiger partial charge in [-0.05, 0) is 36.6 Å². The summed E-state index contributed by atoms with van der Waals surface area (Å²) in [6.45, 7) is 4.79. The summed E-state index contributed by atoms with van der Waals surface area (Å²) in [5.41, 5.74) is 0.529. The normalized spacial score (nSPS) is 14.2. The number of halogens is 1. The molecule has 24 heavy (non-hydrogen) atoms. The second-order valence-corrected chi connectivity index (χ2v) is 7.10. The van der Waals surface area contributed by atoms with Crippen molar-refractivity contribution in [2.75, 3.05) is 19.6 Å². The van der Waals surface area contributed by atoms with Crippen LogP contribution in [-0.4, -0.2) is 47.4 Å². The van der Waals surface area contributed by atoms with Gasteiger partial charge in [-0.3, -0.25) is 14.4 Å². The number of hydrogen-bond donors (Lipinski definition) is 1. The van der Waals surface area contributed by atoms with Gasteiger partial charge in [0.15, 0.2) is 0 Å². The van der Waals surface area contributed by atoms with Crippen LogP contribution in [0.2, 0.25) is 0 Å². The number of benzene rings is 1. The van der Waals surface area contributed by atoms with Crippen LogP contribution in [0.1, 0.15) is 37.0 Å². The van der Waals surface area contributed by atoms with Crippen molar-refractivity contribution in [3.05, 3.63) is 34.3 Å². The predicted octanol–water partition coefficient (Wildman–Crippen LogP) is 2.20. The van der Waals surface area contributed by atoms with Crippen LogP contribution in [-0.2, 0) is 9.59 Å². The molecule has 0 radical (unpaired) electrons. The molecule has 0 unspecified atom stereocenters. The first-order valence-electron chi connectivity index (χ1n) is 8.03. The number of rotatable bonds is 5. The second-order valence-electron chi connectivity index (χ2n) is 6.18. The summed E-state index contributed by atoms with van der Waals surface area (Å²) in [5.74, 6) is -0.386. The van der Waals surface area contributed by atoms with Crippen LogP contribution >= 0.6 is 15.9 Å². The first-order chi connectivity index (χ1) is 11.4. The van der Waals surface area contributed by atoms with E-state index < -0.39 is 0 Å². The van der Waals surface area contributed by atoms with Gasteiger partial charge in [0.05, 0.1) is 6.54 Å². The van der Waals surface area contributed by atoms with Crippen molar-refractivity contribution in [2.45, 2.75) is 26.7 Å². The van der Waals surface area contributed by atoms with E-state index >= 15 is 0 Å². The average Bonchev–Trinajstić information content (AvgIpc) is 3.01. The standard InChI is InChI=1S/C17H22BrN3O3/c1-12(2)10-15(22)19-11-16(23)20-8-3-9-21(20)17(24)13-4-6-14(18)7-5-13/h4-7,12H,3,8-11H2,1-2H3,(H,19,22). The Bertz CT molecular complexity index is 616. The fourth-order valence-corrected chi connectivity index (χ4v) is 2.80. The molecule has 130 valence electrons. The summed E-state index contributed by atoms with van der Waals surface area (Å²) in [6, 6.07) is 7.03. The molecule has 6 nitrogen and oxygen atoms in total. The van der Waals surface area contributed by atoms with E-state index in [0.717, 1.165) is 10.9 Å². The molecular formula is C17H22BrN3O3. The molecule has 1 N–H and O–H groups in total. The number of carbonyl (C=O) groups excluding carboxylic acids is 3. The van der Waals surface area contributed by atoms with E-state index in [0.29, 0.717) is 25.1 Å². The number of hydrogen-bond acceptors (Lipinski definition) is 3. The molecule has 2 rings (SSSR count). The number of nitrogens with one attached hydrogen (secondary N) is 1. The molecule has 1 aromatic carbocycles. The Morgan fingerprint density at radius 1 is 1.12 bits per heavy atom. The van der Waals surface area contributed by atoms with E-state index in [9.17, 15) is 14.4 Å². The van der Waals surface area contributed by atoms with Crippen molar-refractivity contribution in [3.8, 4) is 0 Å². The van der Waals surface area contributed by atoms with Crippen molar-refractivity contribution in [2.24, 2.45) is 5.92 Å². The summed E-state index contributed by atoms with van der Waals surface area (Å²) in [7, 11) is 0. The molecule has 0 bridgehead atoms. The van der Waals surface area contributed by atoms with Gasteiger partial charge in [-0.15, -0.1) is 0 Å². The summed E-state index contributed by atoms with van der Waals surface area (Å²) in [5, 5.41) is 5.51. The Balaban J connectivity index is 1.96. The molecule has 0 aliphatic carbocycles. The van der Waals surface area contributed by atoms with Gasteiger partial charge >= 0.3 is 0 Å². The minimum Gasteiger partial charge on any atom is -0.347 e. The molecule has 0 atom stereocenters. The van der Waals surface area contributed by atoms with E-state index in [1.807, 2.05) is 13.8 Å². The first-order valence-corrected chi connectivity index (χ1v) is 8.82. The molecule has 0 spiro atoms. The zero-order chi connectivity index (χ0) is 17.7. The maximum atomic E-state index is 12.6. The van der Waals surface area contributed by atoms with Crippen LogP contribution in [0.5, 0.6) is 0 Å². The van der Waals surface area contributed by atoms with Crippen LogP contribution in [0.4, 0.5) is 0 Å². The number of nitrogens with zero attached hydrogens (tertiary/aromatic N) is 2. The highest BCUT2D eigenvalue weighted by atomic mass is 79.9. The summed E-state index contributed by atoms with van der Waals surface area (Å²) < 4.78 is 0.890. The lowest BCUT2D eigenvalue weighted by Crippen LogP contribution is -2.48. The first kappa shape index (κ1) is 18.4. The van der Waals surface area contributed by atoms with Gasteiger partial charge in [0.2, 0.25) is 5.91 Å². The minimum absolute atomic E-state index is 0.0876. The molecule has 7 heteroatoms. The molecule has 0 saturated carbocycles. The van der Waals surface area contributed by atoms with Gasteiger partial charge in [0.25, 0.3) is 11.8 Å². The molecule has 1 aliphatic rings. The lowest BCUT2D eigenvalue weighted by Gasteiger charge is -2.28. The van der Waals surface area contributed by atoms with E-state index in [1.54, 1.807) is 24.3 Å². The third-order valence-corrected chi connectivity index (χ3v) is 4.20. The maximum absolute atomic E-state index is 12.6. The van der Waals surface area contributed by atoms with Gasteiger partial charge in [-0.2, -0.15) is 0 Å². The Morgan fingerprint density at radius 2 is 1.75 bits per heavy atom. The zero-order valence-electron chi connectivity index (χ0n) is 13.9. The summed E-state index contributed by atoms with van der Waals surface area (Å²) in [4.78, 5) is 36.6. The maximum Gasteiger partial charge on any atom is 0.272 e. The van der Waals surface area contributed by atoms with Crippen molar-refractivity contribution >= 4 is 33.7 Å². The average molecular weight is 396 g/mol. The number of carbonyl (C=O) groups is 3. The minimum atomic E-state index is -0.268. The fraction of sp³-hybridized carbons (Fsp3) is 0.471. The molecule has 0 aromatic heterocycles. The van der Waals surface area contributed by atoms with Crippen LogP contribution < -0.4 is 5.32 Å². The molecule has 1 saturated heterocycles. The SMILES string of the molecule is CC(C)CC(=O)NCC(=O)N1CCCN1C(=O)c1ccc(Br)cc1. The number of hydrazine groups is 1. The highest BCUT2D eigenvalue weighted by molar-refractivity contribution is 9.10. The molecule has 1 fully saturated rings. The van der Waals surface area contributed by atoms with E-state index in [1.165, 1.54) is 10.0 Å². The van der Waals surface area contributed by atoms with Crippen LogP contribution in [0.3, 0.4) is 0 Å². The Hall–Kier alpha value is -1.89. The third-order valence-electron chi connectivity index (χ3n) is 3.68. The van der Waals surface area contributed by atoms with Crippen molar-refractivity contribution in [1.29, 1.82) is 0 Å². The molecule has 3 amide bonds. The zero-order valence-corrected chi connectivity index (χ0v) is 15.5. The monoisotopic (exact) mass is 395 g/mol. The van der Waals surface area contributed by atoms with E-state index in [4.69, 9.17) is 0 Å². The smallest absolute Gasteiger partial charge is 0.272 e. The fourth-order valence-electron chi connectivity index (χ4n) is 2.53. The van der Waals surface area contributed by atoms with Crippen LogP contribution in [0.25, 0.3) is 0 Å². The Morgan fingerprint density at radius 3 is 2.38 bits per heavy atom. The second kappa shape index (κ2) is 8.28. The lowest BCUT2D eigenvalue weighted by atomic mass is 10.1. The molecular weight excluding hydrogens is 374 g/mol. The van der Waals surface area contributed by atoms with E-state index in [-0.39, 0.29) is 30.2 Å². The third kappa shape index (κ3) is 4.80. The lowest BCUT2D eigenvalue weighted by molar-refractivity contribution is -0.141. The van der Waals surface area contributed by atoms with Gasteiger partial charge in [0.1, 0.15) is 0 Å². The van der Waals surface area contributed by atoms with Crippen molar-refractivity contribution in [1.82, 2.24) is 15.3 Å². The Kier molecular flexibility index (Phi) is 6.36. The van der Waals surface area contributed by atoms with Gasteiger partial charge in [-0.25, -0.2) is 10.0 Å². The van der Waals surface area contributed by atoms with Gasteiger partial charge < -0.3 is 5.32 Å². The summed E-state index contributed by atoms with van der Waals surface area (Å²) in [6.07, 6.45) is 1.11. The van der Waals surface area contributed by atoms with Crippen LogP contribution in [0.15, 0.2) is 28.7 Å². The van der Waals surface area contributed by atoms with Crippen molar-refractivity contribution < 1.29 is 14.4 Å². The topological polar surface area (TPSA) is 69.7 Å². The van der Waals surface area contributed by atoms with Crippen LogP contribution in [0, 0.1) is 5.92 Å². The Labute approximate surface area is 150 Å². The summed E-state index contributed by atoms with van der Waals surface area (Å²) >= 11 is 3.33. The van der Waals surface area contributed by atoms with Gasteiger partial charge in [-0.1, -0.05) is 29.8 Å². The molecule has 1 aromatic rings. The quantitative estimate of drug-likeness (QED) is 0.830. The van der Waals surface area contributed by atoms with E-state index in [2.05, 4.69) is 21.2 Å². The molecule has 1 aliphatic heterocycles. The van der Waals surface area contributed by atoms with Crippen molar-refractivity contribution in [3.63, 3.8) is 0 Å².